The van der Waals surface area contributed by atoms with E-state index in [1.54, 1.807) is 41.5 Å². The molecular weight excluding hydrogens is 510 g/mol. The molecule has 2 atom stereocenters. The molecule has 7 nitrogen and oxygen atoms in total. The first-order valence-corrected chi connectivity index (χ1v) is 15.5. The van der Waals surface area contributed by atoms with Crippen molar-refractivity contribution in [2.75, 3.05) is 6.61 Å². The van der Waals surface area contributed by atoms with Crippen LogP contribution in [-0.2, 0) is 18.7 Å². The van der Waals surface area contributed by atoms with Crippen LogP contribution in [0.15, 0.2) is 60.7 Å². The maximum absolute atomic E-state index is 12.9. The number of aliphatic hydroxyl groups is 1. The van der Waals surface area contributed by atoms with Gasteiger partial charge >= 0.3 is 12.1 Å². The summed E-state index contributed by atoms with van der Waals surface area (Å²) in [5.74, 6) is -0.575. The molecule has 8 heteroatoms. The summed E-state index contributed by atoms with van der Waals surface area (Å²) >= 11 is 0. The number of alkyl carbamates (subject to hydrolysis) is 1. The number of carbonyl (C=O) groups is 2. The molecule has 0 saturated carbocycles. The minimum Gasteiger partial charge on any atom is -0.458 e. The number of aliphatic hydroxyl groups excluding tert-OH is 1. The zero-order valence-electron chi connectivity index (χ0n) is 25.0. The largest absolute Gasteiger partial charge is 0.458 e. The van der Waals surface area contributed by atoms with E-state index in [1.165, 1.54) is 0 Å². The quantitative estimate of drug-likeness (QED) is 0.318. The average molecular weight is 558 g/mol. The molecule has 0 aliphatic carbocycles. The molecule has 0 saturated heterocycles. The van der Waals surface area contributed by atoms with Gasteiger partial charge in [-0.15, -0.1) is 0 Å². The molecule has 0 unspecified atom stereocenters. The van der Waals surface area contributed by atoms with Gasteiger partial charge in [-0.1, -0.05) is 81.4 Å². The second-order valence-electron chi connectivity index (χ2n) is 12.9. The standard InChI is InChI=1S/C31H47NO6Si/c1-29(2,3)37-27(34)26(32-28(35)38-30(4,5)6)21-20-23(33)22-36-39(31(7,8)9,24-16-12-10-13-17-24)25-18-14-11-15-19-25/h10-19,23,26,33H,20-22H2,1-9H3,(H,32,35)/t23-,26+/m1/s1. The minimum absolute atomic E-state index is 0.0841. The Morgan fingerprint density at radius 2 is 1.23 bits per heavy atom. The Morgan fingerprint density at radius 3 is 1.64 bits per heavy atom. The summed E-state index contributed by atoms with van der Waals surface area (Å²) in [4.78, 5) is 25.3. The smallest absolute Gasteiger partial charge is 0.408 e. The Balaban J connectivity index is 2.24. The van der Waals surface area contributed by atoms with Crippen LogP contribution in [0.2, 0.25) is 5.04 Å². The Kier molecular flexibility index (Phi) is 10.9. The van der Waals surface area contributed by atoms with Gasteiger partial charge in [-0.25, -0.2) is 9.59 Å². The predicted octanol–water partition coefficient (Wildman–Crippen LogP) is 4.94. The van der Waals surface area contributed by atoms with E-state index in [1.807, 2.05) is 36.4 Å². The first kappa shape index (κ1) is 32.5. The SMILES string of the molecule is CC(C)(C)OC(=O)N[C@@H](CC[C@@H](O)CO[Si](c1ccccc1)(c1ccccc1)C(C)(C)C)C(=O)OC(C)(C)C. The highest BCUT2D eigenvalue weighted by Crippen LogP contribution is 2.36. The van der Waals surface area contributed by atoms with Crippen molar-refractivity contribution in [2.24, 2.45) is 0 Å². The van der Waals surface area contributed by atoms with Crippen molar-refractivity contribution < 1.29 is 28.6 Å². The monoisotopic (exact) mass is 557 g/mol. The van der Waals surface area contributed by atoms with E-state index in [-0.39, 0.29) is 24.5 Å². The summed E-state index contributed by atoms with van der Waals surface area (Å²) in [5.41, 5.74) is -1.44. The normalized spacial score (nSPS) is 14.3. The number of esters is 1. The predicted molar refractivity (Wildman–Crippen MR) is 158 cm³/mol. The molecule has 0 aliphatic rings. The summed E-state index contributed by atoms with van der Waals surface area (Å²) < 4.78 is 17.7. The maximum Gasteiger partial charge on any atom is 0.408 e. The molecule has 2 rings (SSSR count). The number of hydrogen-bond donors (Lipinski definition) is 2. The van der Waals surface area contributed by atoms with E-state index in [4.69, 9.17) is 13.9 Å². The van der Waals surface area contributed by atoms with Crippen LogP contribution in [-0.4, -0.2) is 55.4 Å². The van der Waals surface area contributed by atoms with Gasteiger partial charge in [-0.3, -0.25) is 0 Å². The number of rotatable bonds is 10. The van der Waals surface area contributed by atoms with Crippen molar-refractivity contribution in [3.05, 3.63) is 60.7 Å². The molecule has 0 heterocycles. The van der Waals surface area contributed by atoms with Gasteiger partial charge in [0.05, 0.1) is 12.7 Å². The van der Waals surface area contributed by atoms with Crippen molar-refractivity contribution in [3.8, 4) is 0 Å². The van der Waals surface area contributed by atoms with Crippen molar-refractivity contribution in [2.45, 2.75) is 104 Å². The highest BCUT2D eigenvalue weighted by Gasteiger charge is 2.50. The van der Waals surface area contributed by atoms with Crippen molar-refractivity contribution in [3.63, 3.8) is 0 Å². The fraction of sp³-hybridized carbons (Fsp3) is 0.548. The summed E-state index contributed by atoms with van der Waals surface area (Å²) in [6, 6.07) is 19.4. The number of carbonyl (C=O) groups excluding carboxylic acids is 2. The Labute approximate surface area is 235 Å². The van der Waals surface area contributed by atoms with Crippen molar-refractivity contribution in [1.82, 2.24) is 5.32 Å². The Hall–Kier alpha value is -2.68. The van der Waals surface area contributed by atoms with Gasteiger partial charge in [0, 0.05) is 0 Å². The number of benzene rings is 2. The van der Waals surface area contributed by atoms with Gasteiger partial charge in [0.25, 0.3) is 8.32 Å². The maximum atomic E-state index is 12.9. The molecule has 0 aromatic heterocycles. The molecule has 0 bridgehead atoms. The van der Waals surface area contributed by atoms with Crippen molar-refractivity contribution >= 4 is 30.8 Å². The highest BCUT2D eigenvalue weighted by molar-refractivity contribution is 6.99. The lowest BCUT2D eigenvalue weighted by Crippen LogP contribution is -2.67. The molecule has 0 fully saturated rings. The molecule has 2 N–H and O–H groups in total. The second-order valence-corrected chi connectivity index (χ2v) is 17.2. The van der Waals surface area contributed by atoms with Crippen LogP contribution in [0, 0.1) is 0 Å². The molecular formula is C31H47NO6Si. The van der Waals surface area contributed by atoms with Gasteiger partial charge in [-0.2, -0.15) is 0 Å². The molecule has 0 radical (unpaired) electrons. The summed E-state index contributed by atoms with van der Waals surface area (Å²) in [5, 5.41) is 15.7. The first-order valence-electron chi connectivity index (χ1n) is 13.6. The third-order valence-electron chi connectivity index (χ3n) is 6.08. The third kappa shape index (κ3) is 9.78. The van der Waals surface area contributed by atoms with E-state index in [0.717, 1.165) is 10.4 Å². The molecule has 0 spiro atoms. The van der Waals surface area contributed by atoms with Crippen LogP contribution in [0.3, 0.4) is 0 Å². The summed E-state index contributed by atoms with van der Waals surface area (Å²) in [6.45, 7) is 17.2. The molecule has 2 aromatic carbocycles. The zero-order valence-corrected chi connectivity index (χ0v) is 26.0. The van der Waals surface area contributed by atoms with Crippen LogP contribution in [0.25, 0.3) is 0 Å². The molecule has 216 valence electrons. The fourth-order valence-corrected chi connectivity index (χ4v) is 9.09. The number of amides is 1. The zero-order chi connectivity index (χ0) is 29.5. The molecule has 1 amide bonds. The van der Waals surface area contributed by atoms with Gasteiger partial charge < -0.3 is 24.3 Å². The number of hydrogen-bond acceptors (Lipinski definition) is 6. The minimum atomic E-state index is -2.82. The van der Waals surface area contributed by atoms with E-state index < -0.39 is 43.7 Å². The lowest BCUT2D eigenvalue weighted by molar-refractivity contribution is -0.157. The van der Waals surface area contributed by atoms with Gasteiger partial charge in [0.15, 0.2) is 0 Å². The van der Waals surface area contributed by atoms with E-state index in [9.17, 15) is 14.7 Å². The van der Waals surface area contributed by atoms with Crippen LogP contribution in [0.1, 0.15) is 75.2 Å². The Morgan fingerprint density at radius 1 is 0.769 bits per heavy atom. The highest BCUT2D eigenvalue weighted by atomic mass is 28.4. The lowest BCUT2D eigenvalue weighted by atomic mass is 10.1. The topological polar surface area (TPSA) is 94.1 Å². The van der Waals surface area contributed by atoms with Gasteiger partial charge in [0.1, 0.15) is 17.2 Å². The van der Waals surface area contributed by atoms with Crippen LogP contribution < -0.4 is 15.7 Å². The molecule has 39 heavy (non-hydrogen) atoms. The van der Waals surface area contributed by atoms with Crippen LogP contribution in [0.4, 0.5) is 4.79 Å². The van der Waals surface area contributed by atoms with E-state index in [0.29, 0.717) is 0 Å². The van der Waals surface area contributed by atoms with Gasteiger partial charge in [0.2, 0.25) is 0 Å². The van der Waals surface area contributed by atoms with Crippen molar-refractivity contribution in [1.29, 1.82) is 0 Å². The van der Waals surface area contributed by atoms with Crippen LogP contribution >= 0.6 is 0 Å². The molecule has 2 aromatic rings. The van der Waals surface area contributed by atoms with E-state index in [2.05, 4.69) is 50.4 Å². The lowest BCUT2D eigenvalue weighted by Gasteiger charge is -2.43. The second kappa shape index (κ2) is 13.1. The van der Waals surface area contributed by atoms with Gasteiger partial charge in [-0.05, 0) is 69.8 Å². The molecule has 0 aliphatic heterocycles. The van der Waals surface area contributed by atoms with E-state index >= 15 is 0 Å². The number of ether oxygens (including phenoxy) is 2. The number of nitrogens with one attached hydrogen (secondary N) is 1. The first-order chi connectivity index (χ1) is 17.9. The average Bonchev–Trinajstić information content (AvgIpc) is 2.80. The summed E-state index contributed by atoms with van der Waals surface area (Å²) in [7, 11) is -2.82. The third-order valence-corrected chi connectivity index (χ3v) is 11.1. The fourth-order valence-electron chi connectivity index (χ4n) is 4.50. The van der Waals surface area contributed by atoms with Crippen LogP contribution in [0.5, 0.6) is 0 Å². The Bertz CT molecular complexity index is 1010. The summed E-state index contributed by atoms with van der Waals surface area (Å²) in [6.07, 6.45) is -1.19.